The van der Waals surface area contributed by atoms with Crippen molar-refractivity contribution in [1.82, 2.24) is 14.6 Å². The van der Waals surface area contributed by atoms with E-state index in [0.717, 1.165) is 9.31 Å². The van der Waals surface area contributed by atoms with Crippen molar-refractivity contribution in [3.05, 3.63) is 29.8 Å². The molecule has 0 aliphatic carbocycles. The summed E-state index contributed by atoms with van der Waals surface area (Å²) in [4.78, 5) is 23.7. The Morgan fingerprint density at radius 1 is 1.29 bits per heavy atom. The van der Waals surface area contributed by atoms with Crippen LogP contribution in [-0.2, 0) is 26.2 Å². The van der Waals surface area contributed by atoms with Gasteiger partial charge in [0.25, 0.3) is 5.91 Å². The van der Waals surface area contributed by atoms with Gasteiger partial charge in [-0.05, 0) is 11.6 Å². The number of nitrogens with one attached hydrogen (secondary N) is 1. The van der Waals surface area contributed by atoms with Gasteiger partial charge in [0.2, 0.25) is 15.9 Å². The van der Waals surface area contributed by atoms with Crippen LogP contribution in [0, 0.1) is 0 Å². The van der Waals surface area contributed by atoms with Crippen LogP contribution in [0.2, 0.25) is 0 Å². The van der Waals surface area contributed by atoms with Crippen LogP contribution in [0.25, 0.3) is 0 Å². The summed E-state index contributed by atoms with van der Waals surface area (Å²) in [6, 6.07) is 6.49. The van der Waals surface area contributed by atoms with Gasteiger partial charge in [-0.2, -0.15) is 5.10 Å². The second-order valence-electron chi connectivity index (χ2n) is 5.54. The predicted molar refractivity (Wildman–Crippen MR) is 88.6 cm³/mol. The van der Waals surface area contributed by atoms with E-state index in [-0.39, 0.29) is 35.9 Å². The molecular formula is C15H20N4O4S. The highest BCUT2D eigenvalue weighted by molar-refractivity contribution is 7.89. The van der Waals surface area contributed by atoms with Crippen molar-refractivity contribution in [2.45, 2.75) is 24.3 Å². The minimum absolute atomic E-state index is 0.0543. The second-order valence-corrected chi connectivity index (χ2v) is 7.66. The number of sulfonamides is 1. The zero-order valence-corrected chi connectivity index (χ0v) is 14.6. The summed E-state index contributed by atoms with van der Waals surface area (Å²) in [6.07, 6.45) is 0.501. The minimum Gasteiger partial charge on any atom is -0.347 e. The Morgan fingerprint density at radius 3 is 2.58 bits per heavy atom. The molecule has 1 heterocycles. The molecule has 0 aromatic heterocycles. The zero-order valence-electron chi connectivity index (χ0n) is 13.8. The van der Waals surface area contributed by atoms with Crippen LogP contribution >= 0.6 is 0 Å². The van der Waals surface area contributed by atoms with Gasteiger partial charge in [0.15, 0.2) is 0 Å². The second kappa shape index (κ2) is 7.10. The average Bonchev–Trinajstić information content (AvgIpc) is 2.55. The number of hydrogen-bond donors (Lipinski definition) is 1. The first-order chi connectivity index (χ1) is 11.2. The van der Waals surface area contributed by atoms with Gasteiger partial charge in [-0.1, -0.05) is 18.2 Å². The van der Waals surface area contributed by atoms with Gasteiger partial charge in [-0.3, -0.25) is 9.59 Å². The fourth-order valence-corrected chi connectivity index (χ4v) is 3.32. The lowest BCUT2D eigenvalue weighted by Crippen LogP contribution is -2.37. The van der Waals surface area contributed by atoms with Crippen molar-refractivity contribution >= 4 is 27.5 Å². The Hall–Kier alpha value is -2.26. The number of hydrogen-bond acceptors (Lipinski definition) is 5. The fraction of sp³-hybridized carbons (Fsp3) is 0.400. The van der Waals surface area contributed by atoms with E-state index in [4.69, 9.17) is 0 Å². The van der Waals surface area contributed by atoms with Crippen LogP contribution < -0.4 is 5.32 Å². The van der Waals surface area contributed by atoms with Gasteiger partial charge < -0.3 is 5.32 Å². The van der Waals surface area contributed by atoms with Gasteiger partial charge in [0.1, 0.15) is 5.71 Å². The molecule has 0 fully saturated rings. The molecule has 24 heavy (non-hydrogen) atoms. The molecule has 0 atom stereocenters. The maximum atomic E-state index is 12.3. The molecule has 130 valence electrons. The van der Waals surface area contributed by atoms with Crippen LogP contribution in [0.1, 0.15) is 18.4 Å². The molecule has 1 N–H and O–H groups in total. The summed E-state index contributed by atoms with van der Waals surface area (Å²) >= 11 is 0. The Balaban J connectivity index is 2.15. The molecule has 1 aromatic rings. The summed E-state index contributed by atoms with van der Waals surface area (Å²) in [7, 11) is 0.802. The number of rotatable bonds is 5. The lowest BCUT2D eigenvalue weighted by Gasteiger charge is -2.19. The fourth-order valence-electron chi connectivity index (χ4n) is 2.21. The number of nitrogens with zero attached hydrogens (tertiary/aromatic N) is 3. The van der Waals surface area contributed by atoms with E-state index in [0.29, 0.717) is 5.56 Å². The standard InChI is InChI=1S/C15H20N4O4S/c1-18(2)24(22,23)13-7-5-4-6-11(13)10-16-15(21)12-8-9-14(20)19(3)17-12/h4-7H,8-10H2,1-3H3,(H,16,21). The highest BCUT2D eigenvalue weighted by atomic mass is 32.2. The average molecular weight is 352 g/mol. The largest absolute Gasteiger partial charge is 0.347 e. The van der Waals surface area contributed by atoms with Crippen molar-refractivity contribution < 1.29 is 18.0 Å². The summed E-state index contributed by atoms with van der Waals surface area (Å²) in [5.41, 5.74) is 0.741. The van der Waals surface area contributed by atoms with Crippen molar-refractivity contribution in [3.63, 3.8) is 0 Å². The number of amides is 2. The maximum Gasteiger partial charge on any atom is 0.267 e. The number of carbonyl (C=O) groups is 2. The predicted octanol–water partition coefficient (Wildman–Crippen LogP) is 0.161. The van der Waals surface area contributed by atoms with Crippen molar-refractivity contribution in [3.8, 4) is 0 Å². The van der Waals surface area contributed by atoms with Crippen LogP contribution in [0.3, 0.4) is 0 Å². The van der Waals surface area contributed by atoms with Gasteiger partial charge in [-0.15, -0.1) is 0 Å². The van der Waals surface area contributed by atoms with Crippen LogP contribution in [0.4, 0.5) is 0 Å². The van der Waals surface area contributed by atoms with Gasteiger partial charge >= 0.3 is 0 Å². The molecular weight excluding hydrogens is 332 g/mol. The van der Waals surface area contributed by atoms with Crippen LogP contribution in [-0.4, -0.2) is 56.4 Å². The molecule has 0 spiro atoms. The Kier molecular flexibility index (Phi) is 5.35. The van der Waals surface area contributed by atoms with E-state index < -0.39 is 15.9 Å². The molecule has 0 radical (unpaired) electrons. The van der Waals surface area contributed by atoms with Crippen LogP contribution in [0.15, 0.2) is 34.3 Å². The molecule has 2 rings (SSSR count). The molecule has 0 unspecified atom stereocenters. The van der Waals surface area contributed by atoms with E-state index in [1.165, 1.54) is 27.2 Å². The SMILES string of the molecule is CN1N=C(C(=O)NCc2ccccc2S(=O)(=O)N(C)C)CCC1=O. The van der Waals surface area contributed by atoms with E-state index >= 15 is 0 Å². The topological polar surface area (TPSA) is 99.2 Å². The first-order valence-corrected chi connectivity index (χ1v) is 8.80. The highest BCUT2D eigenvalue weighted by Gasteiger charge is 2.23. The minimum atomic E-state index is -3.60. The maximum absolute atomic E-state index is 12.3. The molecule has 2 amide bonds. The Bertz CT molecular complexity index is 786. The summed E-state index contributed by atoms with van der Waals surface area (Å²) in [5, 5.41) is 7.74. The molecule has 0 bridgehead atoms. The first kappa shape index (κ1) is 18.1. The summed E-state index contributed by atoms with van der Waals surface area (Å²) in [6.45, 7) is 0.0543. The molecule has 1 aliphatic rings. The molecule has 1 aromatic carbocycles. The Labute approximate surface area is 141 Å². The lowest BCUT2D eigenvalue weighted by molar-refractivity contribution is -0.130. The third-order valence-corrected chi connectivity index (χ3v) is 5.56. The van der Waals surface area contributed by atoms with Crippen molar-refractivity contribution in [2.75, 3.05) is 21.1 Å². The normalized spacial score (nSPS) is 15.4. The third-order valence-electron chi connectivity index (χ3n) is 3.64. The Morgan fingerprint density at radius 2 is 1.96 bits per heavy atom. The molecule has 0 saturated heterocycles. The molecule has 0 saturated carbocycles. The summed E-state index contributed by atoms with van der Waals surface area (Å²) < 4.78 is 25.8. The monoisotopic (exact) mass is 352 g/mol. The van der Waals surface area contributed by atoms with E-state index in [1.54, 1.807) is 18.2 Å². The van der Waals surface area contributed by atoms with Gasteiger partial charge in [-0.25, -0.2) is 17.7 Å². The third kappa shape index (κ3) is 3.80. The van der Waals surface area contributed by atoms with Crippen molar-refractivity contribution in [1.29, 1.82) is 0 Å². The van der Waals surface area contributed by atoms with Gasteiger partial charge in [0, 0.05) is 40.5 Å². The number of benzene rings is 1. The molecule has 1 aliphatic heterocycles. The van der Waals surface area contributed by atoms with E-state index in [9.17, 15) is 18.0 Å². The number of carbonyl (C=O) groups excluding carboxylic acids is 2. The zero-order chi connectivity index (χ0) is 17.9. The molecule has 8 nitrogen and oxygen atoms in total. The van der Waals surface area contributed by atoms with Crippen molar-refractivity contribution in [2.24, 2.45) is 5.10 Å². The van der Waals surface area contributed by atoms with E-state index in [1.807, 2.05) is 0 Å². The van der Waals surface area contributed by atoms with Gasteiger partial charge in [0.05, 0.1) is 4.90 Å². The van der Waals surface area contributed by atoms with Crippen LogP contribution in [0.5, 0.6) is 0 Å². The quantitative estimate of drug-likeness (QED) is 0.816. The highest BCUT2D eigenvalue weighted by Crippen LogP contribution is 2.18. The van der Waals surface area contributed by atoms with E-state index in [2.05, 4.69) is 10.4 Å². The molecule has 9 heteroatoms. The lowest BCUT2D eigenvalue weighted by atomic mass is 10.1. The first-order valence-electron chi connectivity index (χ1n) is 7.36. The smallest absolute Gasteiger partial charge is 0.267 e. The summed E-state index contributed by atoms with van der Waals surface area (Å²) in [5.74, 6) is -0.555. The number of hydrazone groups is 1.